The molecular weight excluding hydrogens is 171 g/mol. The minimum Gasteiger partial charge on any atom is -0.333 e. The predicted molar refractivity (Wildman–Crippen MR) is 49.4 cm³/mol. The molecule has 1 heterocycles. The van der Waals surface area contributed by atoms with Gasteiger partial charge in [0.25, 0.3) is 0 Å². The Morgan fingerprint density at radius 2 is 2.08 bits per heavy atom. The number of carbonyl (C=O) groups is 1. The fraction of sp³-hybridized carbons (Fsp3) is 0.889. The fourth-order valence-electron chi connectivity index (χ4n) is 1.44. The van der Waals surface area contributed by atoms with E-state index < -0.39 is 6.67 Å². The summed E-state index contributed by atoms with van der Waals surface area (Å²) in [6, 6.07) is -0.487. The summed E-state index contributed by atoms with van der Waals surface area (Å²) in [4.78, 5) is 13.2. The van der Waals surface area contributed by atoms with Crippen LogP contribution in [-0.4, -0.2) is 36.7 Å². The lowest BCUT2D eigenvalue weighted by Gasteiger charge is -2.27. The van der Waals surface area contributed by atoms with Gasteiger partial charge in [0.15, 0.2) is 0 Å². The van der Waals surface area contributed by atoms with E-state index in [1.807, 2.05) is 0 Å². The first-order chi connectivity index (χ1) is 6.24. The smallest absolute Gasteiger partial charge is 0.317 e. The quantitative estimate of drug-likeness (QED) is 0.700. The number of rotatable bonds is 2. The van der Waals surface area contributed by atoms with Crippen LogP contribution in [0.2, 0.25) is 0 Å². The monoisotopic (exact) mass is 188 g/mol. The molecule has 0 aromatic rings. The molecule has 0 bridgehead atoms. The highest BCUT2D eigenvalue weighted by molar-refractivity contribution is 5.74. The molecule has 1 aliphatic heterocycles. The van der Waals surface area contributed by atoms with Gasteiger partial charge in [-0.3, -0.25) is 0 Å². The van der Waals surface area contributed by atoms with E-state index in [4.69, 9.17) is 0 Å². The van der Waals surface area contributed by atoms with Crippen molar-refractivity contribution in [2.45, 2.75) is 32.2 Å². The molecule has 0 radical (unpaired) electrons. The van der Waals surface area contributed by atoms with Gasteiger partial charge in [0, 0.05) is 13.1 Å². The molecule has 1 fully saturated rings. The van der Waals surface area contributed by atoms with Crippen LogP contribution in [0.4, 0.5) is 9.18 Å². The number of halogens is 1. The molecule has 1 atom stereocenters. The molecule has 1 unspecified atom stereocenters. The molecule has 0 aromatic carbocycles. The van der Waals surface area contributed by atoms with Gasteiger partial charge in [0.1, 0.15) is 6.67 Å². The third-order valence-corrected chi connectivity index (χ3v) is 2.24. The average Bonchev–Trinajstić information content (AvgIpc) is 2.19. The van der Waals surface area contributed by atoms with Crippen molar-refractivity contribution < 1.29 is 9.18 Å². The van der Waals surface area contributed by atoms with Crippen LogP contribution in [-0.2, 0) is 0 Å². The number of amides is 2. The Morgan fingerprint density at radius 3 is 2.62 bits per heavy atom. The first-order valence-electron chi connectivity index (χ1n) is 4.85. The van der Waals surface area contributed by atoms with E-state index in [0.717, 1.165) is 25.9 Å². The molecular formula is C9H17FN2O. The second-order valence-corrected chi connectivity index (χ2v) is 3.55. The number of likely N-dealkylation sites (tertiary alicyclic amines) is 1. The molecule has 1 aliphatic rings. The Bertz CT molecular complexity index is 169. The molecule has 2 amide bonds. The maximum Gasteiger partial charge on any atom is 0.317 e. The van der Waals surface area contributed by atoms with Crippen molar-refractivity contribution in [3.63, 3.8) is 0 Å². The summed E-state index contributed by atoms with van der Waals surface area (Å²) < 4.78 is 12.1. The van der Waals surface area contributed by atoms with Gasteiger partial charge in [-0.1, -0.05) is 0 Å². The van der Waals surface area contributed by atoms with Crippen LogP contribution < -0.4 is 5.32 Å². The molecule has 76 valence electrons. The van der Waals surface area contributed by atoms with E-state index in [2.05, 4.69) is 5.32 Å². The third kappa shape index (κ3) is 3.20. The topological polar surface area (TPSA) is 32.3 Å². The summed E-state index contributed by atoms with van der Waals surface area (Å²) in [6.45, 7) is 2.79. The van der Waals surface area contributed by atoms with Crippen molar-refractivity contribution in [3.8, 4) is 0 Å². The summed E-state index contributed by atoms with van der Waals surface area (Å²) in [7, 11) is 0. The van der Waals surface area contributed by atoms with E-state index in [0.29, 0.717) is 0 Å². The standard InChI is InChI=1S/C9H17FN2O/c1-8(7-10)11-9(13)12-5-3-2-4-6-12/h8H,2-7H2,1H3,(H,11,13). The average molecular weight is 188 g/mol. The maximum atomic E-state index is 12.1. The normalized spacial score (nSPS) is 19.7. The van der Waals surface area contributed by atoms with Gasteiger partial charge >= 0.3 is 6.03 Å². The maximum absolute atomic E-state index is 12.1. The zero-order valence-corrected chi connectivity index (χ0v) is 8.05. The molecule has 1 N–H and O–H groups in total. The van der Waals surface area contributed by atoms with Crippen molar-refractivity contribution in [1.82, 2.24) is 10.2 Å². The zero-order valence-electron chi connectivity index (χ0n) is 8.05. The number of nitrogens with zero attached hydrogens (tertiary/aromatic N) is 1. The molecule has 0 aliphatic carbocycles. The number of hydrogen-bond donors (Lipinski definition) is 1. The number of carbonyl (C=O) groups excluding carboxylic acids is 1. The van der Waals surface area contributed by atoms with E-state index >= 15 is 0 Å². The lowest BCUT2D eigenvalue weighted by molar-refractivity contribution is 0.181. The molecule has 0 aromatic heterocycles. The van der Waals surface area contributed by atoms with E-state index in [1.165, 1.54) is 6.42 Å². The zero-order chi connectivity index (χ0) is 9.68. The molecule has 0 saturated carbocycles. The van der Waals surface area contributed by atoms with E-state index in [1.54, 1.807) is 11.8 Å². The predicted octanol–water partition coefficient (Wildman–Crippen LogP) is 1.54. The highest BCUT2D eigenvalue weighted by Gasteiger charge is 2.17. The van der Waals surface area contributed by atoms with Gasteiger partial charge in [-0.15, -0.1) is 0 Å². The van der Waals surface area contributed by atoms with Crippen LogP contribution in [0.25, 0.3) is 0 Å². The molecule has 4 heteroatoms. The number of piperidine rings is 1. The first kappa shape index (κ1) is 10.3. The first-order valence-corrected chi connectivity index (χ1v) is 4.85. The number of alkyl halides is 1. The number of hydrogen-bond acceptors (Lipinski definition) is 1. The van der Waals surface area contributed by atoms with E-state index in [-0.39, 0.29) is 12.1 Å². The van der Waals surface area contributed by atoms with Crippen LogP contribution in [0.15, 0.2) is 0 Å². The third-order valence-electron chi connectivity index (χ3n) is 2.24. The molecule has 1 saturated heterocycles. The minimum absolute atomic E-state index is 0.121. The van der Waals surface area contributed by atoms with Crippen LogP contribution in [0, 0.1) is 0 Å². The highest BCUT2D eigenvalue weighted by atomic mass is 19.1. The van der Waals surface area contributed by atoms with Gasteiger partial charge in [-0.25, -0.2) is 9.18 Å². The summed E-state index contributed by atoms with van der Waals surface area (Å²) in [5.74, 6) is 0. The summed E-state index contributed by atoms with van der Waals surface area (Å²) in [5, 5.41) is 2.61. The van der Waals surface area contributed by atoms with Gasteiger partial charge in [-0.05, 0) is 26.2 Å². The summed E-state index contributed by atoms with van der Waals surface area (Å²) >= 11 is 0. The second-order valence-electron chi connectivity index (χ2n) is 3.55. The summed E-state index contributed by atoms with van der Waals surface area (Å²) in [6.07, 6.45) is 3.33. The molecule has 0 spiro atoms. The molecule has 3 nitrogen and oxygen atoms in total. The lowest BCUT2D eigenvalue weighted by atomic mass is 10.1. The van der Waals surface area contributed by atoms with Crippen LogP contribution in [0.5, 0.6) is 0 Å². The van der Waals surface area contributed by atoms with E-state index in [9.17, 15) is 9.18 Å². The largest absolute Gasteiger partial charge is 0.333 e. The minimum atomic E-state index is -0.500. The Kier molecular flexibility index (Phi) is 3.99. The van der Waals surface area contributed by atoms with Crippen molar-refractivity contribution >= 4 is 6.03 Å². The van der Waals surface area contributed by atoms with Gasteiger partial charge in [0.05, 0.1) is 6.04 Å². The van der Waals surface area contributed by atoms with Crippen molar-refractivity contribution in [2.24, 2.45) is 0 Å². The molecule has 13 heavy (non-hydrogen) atoms. The second kappa shape index (κ2) is 5.04. The summed E-state index contributed by atoms with van der Waals surface area (Å²) in [5.41, 5.74) is 0. The number of nitrogens with one attached hydrogen (secondary N) is 1. The van der Waals surface area contributed by atoms with Gasteiger partial charge in [0.2, 0.25) is 0 Å². The Labute approximate surface area is 78.3 Å². The van der Waals surface area contributed by atoms with Crippen LogP contribution in [0.1, 0.15) is 26.2 Å². The Balaban J connectivity index is 2.29. The van der Waals surface area contributed by atoms with Gasteiger partial charge < -0.3 is 10.2 Å². The fourth-order valence-corrected chi connectivity index (χ4v) is 1.44. The lowest BCUT2D eigenvalue weighted by Crippen LogP contribution is -2.46. The van der Waals surface area contributed by atoms with Crippen molar-refractivity contribution in [1.29, 1.82) is 0 Å². The highest BCUT2D eigenvalue weighted by Crippen LogP contribution is 2.08. The Hall–Kier alpha value is -0.800. The van der Waals surface area contributed by atoms with Crippen LogP contribution in [0.3, 0.4) is 0 Å². The molecule has 1 rings (SSSR count). The van der Waals surface area contributed by atoms with Gasteiger partial charge in [-0.2, -0.15) is 0 Å². The number of urea groups is 1. The van der Waals surface area contributed by atoms with Crippen LogP contribution >= 0.6 is 0 Å². The Morgan fingerprint density at radius 1 is 1.46 bits per heavy atom. The van der Waals surface area contributed by atoms with Crippen molar-refractivity contribution in [2.75, 3.05) is 19.8 Å². The SMILES string of the molecule is CC(CF)NC(=O)N1CCCCC1. The van der Waals surface area contributed by atoms with Crippen molar-refractivity contribution in [3.05, 3.63) is 0 Å².